The van der Waals surface area contributed by atoms with Gasteiger partial charge < -0.3 is 9.84 Å². The second-order valence-corrected chi connectivity index (χ2v) is 4.91. The van der Waals surface area contributed by atoms with Crippen molar-refractivity contribution in [3.63, 3.8) is 0 Å². The highest BCUT2D eigenvalue weighted by molar-refractivity contribution is 5.77. The molecule has 2 aromatic rings. The number of hydrogen-bond acceptors (Lipinski definition) is 3. The fourth-order valence-corrected chi connectivity index (χ4v) is 2.67. The second kappa shape index (κ2) is 5.26. The van der Waals surface area contributed by atoms with Gasteiger partial charge in [0, 0.05) is 12.5 Å². The van der Waals surface area contributed by atoms with Crippen LogP contribution < -0.4 is 5.32 Å². The van der Waals surface area contributed by atoms with Crippen LogP contribution in [0.1, 0.15) is 35.6 Å². The number of carbonyl (C=O) groups is 1. The lowest BCUT2D eigenvalue weighted by Gasteiger charge is -2.11. The molecule has 1 aliphatic carbocycles. The maximum Gasteiger partial charge on any atom is 0.220 e. The molecule has 0 aliphatic heterocycles. The van der Waals surface area contributed by atoms with Crippen molar-refractivity contribution >= 4 is 5.91 Å². The predicted molar refractivity (Wildman–Crippen MR) is 70.5 cm³/mol. The van der Waals surface area contributed by atoms with Crippen LogP contribution in [0.3, 0.4) is 0 Å². The molecule has 0 fully saturated rings. The maximum absolute atomic E-state index is 11.9. The summed E-state index contributed by atoms with van der Waals surface area (Å²) in [4.78, 5) is 11.9. The molecule has 0 saturated carbocycles. The number of fused-ring (bicyclic) bond motifs is 1. The molecule has 3 rings (SSSR count). The zero-order chi connectivity index (χ0) is 13.1. The van der Waals surface area contributed by atoms with E-state index in [1.807, 2.05) is 6.07 Å². The molecule has 1 aliphatic rings. The topological polar surface area (TPSA) is 55.1 Å². The fraction of sp³-hybridized carbons (Fsp3) is 0.333. The highest BCUT2D eigenvalue weighted by Gasteiger charge is 2.23. The number of rotatable bonds is 4. The molecular weight excluding hydrogens is 240 g/mol. The molecule has 98 valence electrons. The Morgan fingerprint density at radius 1 is 1.37 bits per heavy atom. The normalized spacial score (nSPS) is 17.2. The average Bonchev–Trinajstić information content (AvgIpc) is 3.07. The number of aryl methyl sites for hydroxylation is 1. The van der Waals surface area contributed by atoms with E-state index >= 15 is 0 Å². The van der Waals surface area contributed by atoms with Crippen LogP contribution in [0.4, 0.5) is 0 Å². The molecule has 4 nitrogen and oxygen atoms in total. The smallest absolute Gasteiger partial charge is 0.220 e. The SMILES string of the molecule is O=C(CC1CCc2ccccc21)NCc1ccon1. The van der Waals surface area contributed by atoms with Gasteiger partial charge in [-0.05, 0) is 29.9 Å². The van der Waals surface area contributed by atoms with Crippen LogP contribution in [0.2, 0.25) is 0 Å². The molecule has 1 amide bonds. The largest absolute Gasteiger partial charge is 0.364 e. The third-order valence-corrected chi connectivity index (χ3v) is 3.65. The van der Waals surface area contributed by atoms with Crippen molar-refractivity contribution in [2.45, 2.75) is 31.7 Å². The highest BCUT2D eigenvalue weighted by Crippen LogP contribution is 2.34. The van der Waals surface area contributed by atoms with Gasteiger partial charge in [0.25, 0.3) is 0 Å². The molecular formula is C15H16N2O2. The number of nitrogens with one attached hydrogen (secondary N) is 1. The summed E-state index contributed by atoms with van der Waals surface area (Å²) in [6, 6.07) is 10.2. The lowest BCUT2D eigenvalue weighted by Crippen LogP contribution is -2.24. The number of carbonyl (C=O) groups excluding carboxylic acids is 1. The molecule has 0 bridgehead atoms. The molecule has 0 spiro atoms. The standard InChI is InChI=1S/C15H16N2O2/c18-15(16-10-13-7-8-19-17-13)9-12-6-5-11-3-1-2-4-14(11)12/h1-4,7-8,12H,5-6,9-10H2,(H,16,18). The third-order valence-electron chi connectivity index (χ3n) is 3.65. The lowest BCUT2D eigenvalue weighted by molar-refractivity contribution is -0.121. The molecule has 1 heterocycles. The summed E-state index contributed by atoms with van der Waals surface area (Å²) in [7, 11) is 0. The Kier molecular flexibility index (Phi) is 3.31. The van der Waals surface area contributed by atoms with E-state index in [4.69, 9.17) is 4.52 Å². The lowest BCUT2D eigenvalue weighted by atomic mass is 9.97. The van der Waals surface area contributed by atoms with Gasteiger partial charge in [-0.3, -0.25) is 4.79 Å². The first-order valence-electron chi connectivity index (χ1n) is 6.56. The van der Waals surface area contributed by atoms with E-state index in [2.05, 4.69) is 28.7 Å². The van der Waals surface area contributed by atoms with Gasteiger partial charge in [0.1, 0.15) is 12.0 Å². The molecule has 1 N–H and O–H groups in total. The number of aromatic nitrogens is 1. The Morgan fingerprint density at radius 2 is 2.26 bits per heavy atom. The first-order valence-corrected chi connectivity index (χ1v) is 6.56. The molecule has 1 aromatic heterocycles. The Labute approximate surface area is 111 Å². The Morgan fingerprint density at radius 3 is 3.11 bits per heavy atom. The van der Waals surface area contributed by atoms with Crippen LogP contribution in [0.25, 0.3) is 0 Å². The summed E-state index contributed by atoms with van der Waals surface area (Å²) in [5, 5.41) is 6.65. The molecule has 0 radical (unpaired) electrons. The Bertz CT molecular complexity index is 563. The van der Waals surface area contributed by atoms with Gasteiger partial charge in [0.15, 0.2) is 0 Å². The van der Waals surface area contributed by atoms with Crippen LogP contribution in [0, 0.1) is 0 Å². The van der Waals surface area contributed by atoms with Crippen molar-refractivity contribution in [3.8, 4) is 0 Å². The van der Waals surface area contributed by atoms with E-state index in [1.165, 1.54) is 17.4 Å². The quantitative estimate of drug-likeness (QED) is 0.914. The van der Waals surface area contributed by atoms with E-state index in [1.54, 1.807) is 6.07 Å². The van der Waals surface area contributed by atoms with Gasteiger partial charge in [0.2, 0.25) is 5.91 Å². The van der Waals surface area contributed by atoms with Crippen LogP contribution in [-0.4, -0.2) is 11.1 Å². The van der Waals surface area contributed by atoms with Gasteiger partial charge in [-0.25, -0.2) is 0 Å². The van der Waals surface area contributed by atoms with Crippen LogP contribution in [0.15, 0.2) is 41.1 Å². The summed E-state index contributed by atoms with van der Waals surface area (Å²) in [6.45, 7) is 0.434. The monoisotopic (exact) mass is 256 g/mol. The van der Waals surface area contributed by atoms with Crippen molar-refractivity contribution in [1.82, 2.24) is 10.5 Å². The molecule has 1 unspecified atom stereocenters. The van der Waals surface area contributed by atoms with E-state index < -0.39 is 0 Å². The number of nitrogens with zero attached hydrogens (tertiary/aromatic N) is 1. The zero-order valence-electron chi connectivity index (χ0n) is 10.6. The average molecular weight is 256 g/mol. The van der Waals surface area contributed by atoms with Crippen LogP contribution in [0.5, 0.6) is 0 Å². The fourth-order valence-electron chi connectivity index (χ4n) is 2.67. The summed E-state index contributed by atoms with van der Waals surface area (Å²) >= 11 is 0. The van der Waals surface area contributed by atoms with Crippen molar-refractivity contribution in [2.24, 2.45) is 0 Å². The van der Waals surface area contributed by atoms with Crippen LogP contribution in [-0.2, 0) is 17.8 Å². The summed E-state index contributed by atoms with van der Waals surface area (Å²) in [5.74, 6) is 0.429. The van der Waals surface area contributed by atoms with Gasteiger partial charge in [0.05, 0.1) is 6.54 Å². The Hall–Kier alpha value is -2.10. The molecule has 1 atom stereocenters. The van der Waals surface area contributed by atoms with Crippen molar-refractivity contribution in [3.05, 3.63) is 53.4 Å². The number of hydrogen-bond donors (Lipinski definition) is 1. The van der Waals surface area contributed by atoms with Crippen molar-refractivity contribution in [2.75, 3.05) is 0 Å². The van der Waals surface area contributed by atoms with Crippen molar-refractivity contribution < 1.29 is 9.32 Å². The van der Waals surface area contributed by atoms with Crippen molar-refractivity contribution in [1.29, 1.82) is 0 Å². The third kappa shape index (κ3) is 2.67. The summed E-state index contributed by atoms with van der Waals surface area (Å²) < 4.78 is 4.73. The van der Waals surface area contributed by atoms with E-state index in [-0.39, 0.29) is 5.91 Å². The summed E-state index contributed by atoms with van der Waals surface area (Å²) in [5.41, 5.74) is 3.47. The number of benzene rings is 1. The van der Waals surface area contributed by atoms with E-state index in [9.17, 15) is 4.79 Å². The second-order valence-electron chi connectivity index (χ2n) is 4.91. The van der Waals surface area contributed by atoms with Gasteiger partial charge in [-0.1, -0.05) is 29.4 Å². The van der Waals surface area contributed by atoms with Crippen LogP contribution >= 0.6 is 0 Å². The molecule has 19 heavy (non-hydrogen) atoms. The van der Waals surface area contributed by atoms with Gasteiger partial charge in [-0.2, -0.15) is 0 Å². The highest BCUT2D eigenvalue weighted by atomic mass is 16.5. The summed E-state index contributed by atoms with van der Waals surface area (Å²) in [6.07, 6.45) is 4.21. The first kappa shape index (κ1) is 12.0. The number of amides is 1. The molecule has 0 saturated heterocycles. The zero-order valence-corrected chi connectivity index (χ0v) is 10.6. The van der Waals surface area contributed by atoms with E-state index in [0.717, 1.165) is 18.5 Å². The minimum Gasteiger partial charge on any atom is -0.364 e. The van der Waals surface area contributed by atoms with Gasteiger partial charge >= 0.3 is 0 Å². The first-order chi connectivity index (χ1) is 9.33. The molecule has 4 heteroatoms. The minimum absolute atomic E-state index is 0.0738. The van der Waals surface area contributed by atoms with E-state index in [0.29, 0.717) is 18.9 Å². The minimum atomic E-state index is 0.0738. The predicted octanol–water partition coefficient (Wildman–Crippen LogP) is 2.41. The van der Waals surface area contributed by atoms with Gasteiger partial charge in [-0.15, -0.1) is 0 Å². The Balaban J connectivity index is 1.56. The maximum atomic E-state index is 11.9. The molecule has 1 aromatic carbocycles.